The first kappa shape index (κ1) is 7.94. The van der Waals surface area contributed by atoms with Gasteiger partial charge in [-0.05, 0) is 12.8 Å². The predicted molar refractivity (Wildman–Crippen MR) is 35.7 cm³/mol. The first-order chi connectivity index (χ1) is 4.83. The fraction of sp³-hybridized carbons (Fsp3) is 1.00. The SMILES string of the molecule is ONC1(NO)CCCCC1. The Hall–Kier alpha value is -0.160. The van der Waals surface area contributed by atoms with Gasteiger partial charge in [0, 0.05) is 0 Å². The monoisotopic (exact) mass is 146 g/mol. The zero-order valence-electron chi connectivity index (χ0n) is 5.93. The van der Waals surface area contributed by atoms with Crippen molar-refractivity contribution in [3.63, 3.8) is 0 Å². The standard InChI is InChI=1S/C6H14N2O2/c9-7-6(8-10)4-2-1-3-5-6/h7-10H,1-5H2. The highest BCUT2D eigenvalue weighted by molar-refractivity contribution is 4.81. The maximum absolute atomic E-state index is 8.67. The van der Waals surface area contributed by atoms with Gasteiger partial charge in [-0.2, -0.15) is 11.0 Å². The molecular weight excluding hydrogens is 132 g/mol. The molecule has 0 aromatic heterocycles. The molecule has 1 aliphatic carbocycles. The van der Waals surface area contributed by atoms with E-state index in [2.05, 4.69) is 11.0 Å². The van der Waals surface area contributed by atoms with Crippen LogP contribution < -0.4 is 11.0 Å². The fourth-order valence-electron chi connectivity index (χ4n) is 1.40. The second-order valence-electron chi connectivity index (χ2n) is 2.87. The fourth-order valence-corrected chi connectivity index (χ4v) is 1.40. The van der Waals surface area contributed by atoms with E-state index in [1.165, 1.54) is 6.42 Å². The molecule has 0 aromatic carbocycles. The molecule has 0 heterocycles. The minimum absolute atomic E-state index is 0.627. The molecule has 0 aromatic rings. The third kappa shape index (κ3) is 1.46. The van der Waals surface area contributed by atoms with Crippen molar-refractivity contribution in [3.05, 3.63) is 0 Å². The minimum Gasteiger partial charge on any atom is -0.315 e. The molecule has 0 amide bonds. The first-order valence-electron chi connectivity index (χ1n) is 3.65. The normalized spacial score (nSPS) is 24.6. The van der Waals surface area contributed by atoms with Crippen molar-refractivity contribution >= 4 is 0 Å². The van der Waals surface area contributed by atoms with Crippen LogP contribution in [0.25, 0.3) is 0 Å². The van der Waals surface area contributed by atoms with Gasteiger partial charge in [0.25, 0.3) is 0 Å². The van der Waals surface area contributed by atoms with E-state index in [0.29, 0.717) is 0 Å². The van der Waals surface area contributed by atoms with Crippen molar-refractivity contribution < 1.29 is 10.4 Å². The molecule has 1 saturated carbocycles. The Balaban J connectivity index is 2.44. The molecular formula is C6H14N2O2. The van der Waals surface area contributed by atoms with Crippen molar-refractivity contribution in [2.24, 2.45) is 0 Å². The molecule has 0 atom stereocenters. The lowest BCUT2D eigenvalue weighted by molar-refractivity contribution is -0.0634. The van der Waals surface area contributed by atoms with Gasteiger partial charge in [-0.1, -0.05) is 19.3 Å². The Kier molecular flexibility index (Phi) is 2.62. The molecule has 4 nitrogen and oxygen atoms in total. The van der Waals surface area contributed by atoms with Gasteiger partial charge in [0.15, 0.2) is 0 Å². The molecule has 10 heavy (non-hydrogen) atoms. The van der Waals surface area contributed by atoms with Gasteiger partial charge < -0.3 is 10.4 Å². The second kappa shape index (κ2) is 3.30. The van der Waals surface area contributed by atoms with E-state index in [-0.39, 0.29) is 0 Å². The molecule has 0 bridgehead atoms. The maximum atomic E-state index is 8.67. The smallest absolute Gasteiger partial charge is 0.114 e. The molecule has 60 valence electrons. The summed E-state index contributed by atoms with van der Waals surface area (Å²) in [6.07, 6.45) is 4.83. The molecule has 4 N–H and O–H groups in total. The van der Waals surface area contributed by atoms with Crippen molar-refractivity contribution in [1.29, 1.82) is 0 Å². The van der Waals surface area contributed by atoms with E-state index in [1.807, 2.05) is 0 Å². The van der Waals surface area contributed by atoms with Crippen molar-refractivity contribution in [2.75, 3.05) is 0 Å². The van der Waals surface area contributed by atoms with Crippen LogP contribution in [-0.4, -0.2) is 16.1 Å². The van der Waals surface area contributed by atoms with Crippen LogP contribution in [0.2, 0.25) is 0 Å². The quantitative estimate of drug-likeness (QED) is 0.340. The van der Waals surface area contributed by atoms with Gasteiger partial charge in [-0.3, -0.25) is 0 Å². The summed E-state index contributed by atoms with van der Waals surface area (Å²) in [7, 11) is 0. The molecule has 1 aliphatic rings. The Morgan fingerprint density at radius 1 is 0.900 bits per heavy atom. The van der Waals surface area contributed by atoms with Crippen LogP contribution in [0.5, 0.6) is 0 Å². The number of hydrogen-bond acceptors (Lipinski definition) is 4. The van der Waals surface area contributed by atoms with Crippen LogP contribution in [0, 0.1) is 0 Å². The van der Waals surface area contributed by atoms with E-state index in [9.17, 15) is 0 Å². The summed E-state index contributed by atoms with van der Waals surface area (Å²) in [6, 6.07) is 0. The predicted octanol–water partition coefficient (Wildman–Crippen LogP) is 0.604. The van der Waals surface area contributed by atoms with E-state index < -0.39 is 5.66 Å². The Morgan fingerprint density at radius 2 is 1.40 bits per heavy atom. The molecule has 0 spiro atoms. The summed E-state index contributed by atoms with van der Waals surface area (Å²) >= 11 is 0. The molecule has 4 heteroatoms. The van der Waals surface area contributed by atoms with E-state index in [1.54, 1.807) is 0 Å². The van der Waals surface area contributed by atoms with Gasteiger partial charge in [-0.25, -0.2) is 0 Å². The Labute approximate surface area is 60.2 Å². The van der Waals surface area contributed by atoms with Crippen molar-refractivity contribution in [1.82, 2.24) is 11.0 Å². The van der Waals surface area contributed by atoms with Crippen LogP contribution in [0.4, 0.5) is 0 Å². The summed E-state index contributed by atoms with van der Waals surface area (Å²) in [5.74, 6) is 0. The Bertz CT molecular complexity index is 95.9. The number of nitrogens with one attached hydrogen (secondary N) is 2. The topological polar surface area (TPSA) is 64.5 Å². The summed E-state index contributed by atoms with van der Waals surface area (Å²) in [5.41, 5.74) is 3.59. The highest BCUT2D eigenvalue weighted by atomic mass is 16.5. The number of hydroxylamine groups is 2. The van der Waals surface area contributed by atoms with E-state index >= 15 is 0 Å². The van der Waals surface area contributed by atoms with Gasteiger partial charge >= 0.3 is 0 Å². The number of rotatable bonds is 2. The lowest BCUT2D eigenvalue weighted by atomic mass is 9.90. The summed E-state index contributed by atoms with van der Waals surface area (Å²) in [5, 5.41) is 17.3. The average Bonchev–Trinajstić information content (AvgIpc) is 2.06. The summed E-state index contributed by atoms with van der Waals surface area (Å²) in [6.45, 7) is 0. The van der Waals surface area contributed by atoms with E-state index in [0.717, 1.165) is 25.7 Å². The highest BCUT2D eigenvalue weighted by Gasteiger charge is 2.30. The summed E-state index contributed by atoms with van der Waals surface area (Å²) in [4.78, 5) is 0. The van der Waals surface area contributed by atoms with Gasteiger partial charge in [0.2, 0.25) is 0 Å². The van der Waals surface area contributed by atoms with Crippen LogP contribution >= 0.6 is 0 Å². The van der Waals surface area contributed by atoms with Gasteiger partial charge in [0.05, 0.1) is 0 Å². The zero-order valence-corrected chi connectivity index (χ0v) is 5.93. The molecule has 0 saturated heterocycles. The average molecular weight is 146 g/mol. The molecule has 1 rings (SSSR count). The maximum Gasteiger partial charge on any atom is 0.114 e. The summed E-state index contributed by atoms with van der Waals surface area (Å²) < 4.78 is 0. The lowest BCUT2D eigenvalue weighted by Crippen LogP contribution is -2.55. The third-order valence-corrected chi connectivity index (χ3v) is 2.14. The second-order valence-corrected chi connectivity index (χ2v) is 2.87. The van der Waals surface area contributed by atoms with Crippen LogP contribution in [-0.2, 0) is 0 Å². The van der Waals surface area contributed by atoms with Crippen LogP contribution in [0.15, 0.2) is 0 Å². The molecule has 0 radical (unpaired) electrons. The number of hydrogen-bond donors (Lipinski definition) is 4. The molecule has 0 unspecified atom stereocenters. The van der Waals surface area contributed by atoms with Crippen molar-refractivity contribution in [3.8, 4) is 0 Å². The molecule has 1 fully saturated rings. The minimum atomic E-state index is -0.627. The van der Waals surface area contributed by atoms with Gasteiger partial charge in [-0.15, -0.1) is 0 Å². The van der Waals surface area contributed by atoms with Crippen molar-refractivity contribution in [2.45, 2.75) is 37.8 Å². The van der Waals surface area contributed by atoms with Crippen LogP contribution in [0.3, 0.4) is 0 Å². The first-order valence-corrected chi connectivity index (χ1v) is 3.65. The third-order valence-electron chi connectivity index (χ3n) is 2.14. The zero-order chi connectivity index (χ0) is 7.45. The lowest BCUT2D eigenvalue weighted by Gasteiger charge is -2.33. The molecule has 0 aliphatic heterocycles. The largest absolute Gasteiger partial charge is 0.315 e. The van der Waals surface area contributed by atoms with E-state index in [4.69, 9.17) is 10.4 Å². The Morgan fingerprint density at radius 3 is 1.70 bits per heavy atom. The van der Waals surface area contributed by atoms with Crippen LogP contribution in [0.1, 0.15) is 32.1 Å². The van der Waals surface area contributed by atoms with Gasteiger partial charge in [0.1, 0.15) is 5.66 Å². The highest BCUT2D eigenvalue weighted by Crippen LogP contribution is 2.24.